The largest absolute Gasteiger partial charge is 0.427 e. The maximum Gasteiger partial charge on any atom is 0.311 e. The highest BCUT2D eigenvalue weighted by molar-refractivity contribution is 5.81. The van der Waals surface area contributed by atoms with Crippen molar-refractivity contribution in [1.29, 1.82) is 0 Å². The quantitative estimate of drug-likeness (QED) is 0.538. The predicted octanol–water partition coefficient (Wildman–Crippen LogP) is 1.76. The van der Waals surface area contributed by atoms with Gasteiger partial charge in [-0.05, 0) is 25.1 Å². The van der Waals surface area contributed by atoms with Crippen LogP contribution in [0.1, 0.15) is 19.8 Å². The molecular formula is C11H11O3. The van der Waals surface area contributed by atoms with E-state index in [9.17, 15) is 9.59 Å². The first-order valence-electron chi connectivity index (χ1n) is 4.34. The number of ether oxygens (including phenoxy) is 1. The van der Waals surface area contributed by atoms with Crippen LogP contribution >= 0.6 is 0 Å². The van der Waals surface area contributed by atoms with Gasteiger partial charge in [0.2, 0.25) is 0 Å². The summed E-state index contributed by atoms with van der Waals surface area (Å²) in [4.78, 5) is 21.7. The number of esters is 1. The monoisotopic (exact) mass is 191 g/mol. The Morgan fingerprint density at radius 1 is 1.29 bits per heavy atom. The molecular weight excluding hydrogens is 180 g/mol. The maximum absolute atomic E-state index is 11.1. The van der Waals surface area contributed by atoms with E-state index in [2.05, 4.69) is 6.07 Å². The number of rotatable bonds is 4. The summed E-state index contributed by atoms with van der Waals surface area (Å²) < 4.78 is 4.95. The molecule has 1 aromatic carbocycles. The second kappa shape index (κ2) is 5.17. The highest BCUT2D eigenvalue weighted by Gasteiger charge is 2.05. The molecule has 0 fully saturated rings. The number of carbonyl (C=O) groups is 2. The molecule has 3 heteroatoms. The van der Waals surface area contributed by atoms with Gasteiger partial charge in [-0.2, -0.15) is 0 Å². The van der Waals surface area contributed by atoms with Crippen molar-refractivity contribution in [3.05, 3.63) is 30.3 Å². The van der Waals surface area contributed by atoms with Crippen LogP contribution in [0.2, 0.25) is 0 Å². The van der Waals surface area contributed by atoms with Gasteiger partial charge in [-0.15, -0.1) is 0 Å². The maximum atomic E-state index is 11.1. The summed E-state index contributed by atoms with van der Waals surface area (Å²) in [7, 11) is 0. The molecule has 0 bridgehead atoms. The molecule has 0 aliphatic rings. The first kappa shape index (κ1) is 10.4. The lowest BCUT2D eigenvalue weighted by Gasteiger charge is -2.01. The summed E-state index contributed by atoms with van der Waals surface area (Å²) in [6.45, 7) is 1.45. The number of hydrogen-bond acceptors (Lipinski definition) is 3. The molecule has 0 aliphatic heterocycles. The van der Waals surface area contributed by atoms with E-state index in [-0.39, 0.29) is 24.6 Å². The summed E-state index contributed by atoms with van der Waals surface area (Å²) >= 11 is 0. The van der Waals surface area contributed by atoms with Crippen molar-refractivity contribution in [2.24, 2.45) is 0 Å². The van der Waals surface area contributed by atoms with Crippen LogP contribution in [-0.2, 0) is 9.59 Å². The molecule has 0 heterocycles. The third kappa shape index (κ3) is 3.85. The van der Waals surface area contributed by atoms with E-state index >= 15 is 0 Å². The van der Waals surface area contributed by atoms with Gasteiger partial charge in [0.25, 0.3) is 0 Å². The Bertz CT molecular complexity index is 317. The number of carbonyl (C=O) groups excluding carboxylic acids is 2. The van der Waals surface area contributed by atoms with Gasteiger partial charge in [-0.1, -0.05) is 12.1 Å². The Kier molecular flexibility index (Phi) is 3.85. The van der Waals surface area contributed by atoms with Crippen molar-refractivity contribution in [2.75, 3.05) is 0 Å². The van der Waals surface area contributed by atoms with Crippen molar-refractivity contribution in [3.8, 4) is 5.75 Å². The van der Waals surface area contributed by atoms with E-state index in [1.54, 1.807) is 24.3 Å². The lowest BCUT2D eigenvalue weighted by molar-refractivity contribution is -0.135. The van der Waals surface area contributed by atoms with Crippen LogP contribution < -0.4 is 4.74 Å². The molecule has 1 rings (SSSR count). The van der Waals surface area contributed by atoms with Gasteiger partial charge in [-0.3, -0.25) is 4.79 Å². The molecule has 1 radical (unpaired) electrons. The highest BCUT2D eigenvalue weighted by atomic mass is 16.5. The predicted molar refractivity (Wildman–Crippen MR) is 50.8 cm³/mol. The summed E-state index contributed by atoms with van der Waals surface area (Å²) in [5, 5.41) is 0. The molecule has 14 heavy (non-hydrogen) atoms. The molecule has 0 N–H and O–H groups in total. The molecule has 0 spiro atoms. The first-order chi connectivity index (χ1) is 6.68. The van der Waals surface area contributed by atoms with Crippen LogP contribution in [0.5, 0.6) is 5.75 Å². The van der Waals surface area contributed by atoms with Crippen LogP contribution in [0, 0.1) is 6.07 Å². The second-order valence-corrected chi connectivity index (χ2v) is 2.91. The number of Topliss-reactive ketones (excluding diaryl/α,β-unsaturated/α-hetero) is 1. The number of hydrogen-bond donors (Lipinski definition) is 0. The van der Waals surface area contributed by atoms with Gasteiger partial charge in [0.15, 0.2) is 0 Å². The van der Waals surface area contributed by atoms with Gasteiger partial charge < -0.3 is 9.53 Å². The fraction of sp³-hybridized carbons (Fsp3) is 0.273. The molecule has 0 saturated heterocycles. The molecule has 3 nitrogen and oxygen atoms in total. The van der Waals surface area contributed by atoms with Crippen molar-refractivity contribution >= 4 is 11.8 Å². The molecule has 0 atom stereocenters. The third-order valence-corrected chi connectivity index (χ3v) is 1.60. The minimum atomic E-state index is -0.383. The van der Waals surface area contributed by atoms with Crippen molar-refractivity contribution in [1.82, 2.24) is 0 Å². The van der Waals surface area contributed by atoms with E-state index in [0.29, 0.717) is 5.75 Å². The molecule has 1 aromatic rings. The van der Waals surface area contributed by atoms with Crippen molar-refractivity contribution < 1.29 is 14.3 Å². The van der Waals surface area contributed by atoms with Crippen LogP contribution in [0.4, 0.5) is 0 Å². The van der Waals surface area contributed by atoms with Crippen LogP contribution in [0.15, 0.2) is 24.3 Å². The Balaban J connectivity index is 2.38. The van der Waals surface area contributed by atoms with Crippen LogP contribution in [0.25, 0.3) is 0 Å². The summed E-state index contributed by atoms with van der Waals surface area (Å²) in [5.41, 5.74) is 0. The van der Waals surface area contributed by atoms with Gasteiger partial charge in [0.1, 0.15) is 11.5 Å². The Morgan fingerprint density at radius 3 is 2.50 bits per heavy atom. The summed E-state index contributed by atoms with van der Waals surface area (Å²) in [6.07, 6.45) is 0.367. The molecule has 0 unspecified atom stereocenters. The molecule has 0 amide bonds. The minimum Gasteiger partial charge on any atom is -0.427 e. The van der Waals surface area contributed by atoms with E-state index in [4.69, 9.17) is 4.74 Å². The second-order valence-electron chi connectivity index (χ2n) is 2.91. The number of benzene rings is 1. The summed E-state index contributed by atoms with van der Waals surface area (Å²) in [5.74, 6) is 0.0899. The fourth-order valence-electron chi connectivity index (χ4n) is 0.900. The van der Waals surface area contributed by atoms with Gasteiger partial charge in [0, 0.05) is 6.42 Å². The zero-order valence-corrected chi connectivity index (χ0v) is 7.95. The standard InChI is InChI=1S/C11H11O3/c1-9(12)7-8-11(13)14-10-5-3-2-4-6-10/h3-6H,7-8H2,1H3. The highest BCUT2D eigenvalue weighted by Crippen LogP contribution is 2.09. The molecule has 0 saturated carbocycles. The average Bonchev–Trinajstić information content (AvgIpc) is 2.16. The van der Waals surface area contributed by atoms with Gasteiger partial charge in [0.05, 0.1) is 6.42 Å². The Hall–Kier alpha value is -1.64. The Morgan fingerprint density at radius 2 is 1.93 bits per heavy atom. The lowest BCUT2D eigenvalue weighted by Crippen LogP contribution is -2.09. The van der Waals surface area contributed by atoms with E-state index in [1.165, 1.54) is 6.92 Å². The van der Waals surface area contributed by atoms with E-state index < -0.39 is 0 Å². The smallest absolute Gasteiger partial charge is 0.311 e. The van der Waals surface area contributed by atoms with Crippen LogP contribution in [0.3, 0.4) is 0 Å². The van der Waals surface area contributed by atoms with Gasteiger partial charge in [-0.25, -0.2) is 0 Å². The van der Waals surface area contributed by atoms with Crippen LogP contribution in [-0.4, -0.2) is 11.8 Å². The molecule has 73 valence electrons. The lowest BCUT2D eigenvalue weighted by atomic mass is 10.2. The van der Waals surface area contributed by atoms with E-state index in [0.717, 1.165) is 0 Å². The van der Waals surface area contributed by atoms with Crippen molar-refractivity contribution in [2.45, 2.75) is 19.8 Å². The minimum absolute atomic E-state index is 0.0108. The fourth-order valence-corrected chi connectivity index (χ4v) is 0.900. The molecule has 0 aromatic heterocycles. The topological polar surface area (TPSA) is 43.4 Å². The van der Waals surface area contributed by atoms with Gasteiger partial charge >= 0.3 is 5.97 Å². The normalized spacial score (nSPS) is 9.50. The van der Waals surface area contributed by atoms with E-state index in [1.807, 2.05) is 0 Å². The Labute approximate surface area is 82.7 Å². The average molecular weight is 191 g/mol. The SMILES string of the molecule is CC(=O)CCC(=O)Oc1cc[c]cc1. The first-order valence-corrected chi connectivity index (χ1v) is 4.34. The number of ketones is 1. The zero-order valence-electron chi connectivity index (χ0n) is 7.95. The van der Waals surface area contributed by atoms with Crippen molar-refractivity contribution in [3.63, 3.8) is 0 Å². The molecule has 0 aliphatic carbocycles. The zero-order chi connectivity index (χ0) is 10.4. The summed E-state index contributed by atoms with van der Waals surface area (Å²) in [6, 6.07) is 9.42. The third-order valence-electron chi connectivity index (χ3n) is 1.60.